The normalized spacial score (nSPS) is 10.7. The number of aromatic nitrogens is 2. The summed E-state index contributed by atoms with van der Waals surface area (Å²) in [7, 11) is 0. The van der Waals surface area contributed by atoms with Crippen LogP contribution >= 0.6 is 0 Å². The standard InChI is InChI=1S/C11H22N4/c1-2-3-4-5-6-7-8-15-11(13)10(12)9-14-15/h9H,2-8,12-13H2,1H3. The number of unbranched alkanes of at least 4 members (excludes halogenated alkanes) is 5. The minimum Gasteiger partial charge on any atom is -0.394 e. The maximum absolute atomic E-state index is 5.74. The molecule has 1 heterocycles. The van der Waals surface area contributed by atoms with Gasteiger partial charge in [-0.05, 0) is 6.42 Å². The van der Waals surface area contributed by atoms with Gasteiger partial charge in [0, 0.05) is 6.54 Å². The van der Waals surface area contributed by atoms with Crippen molar-refractivity contribution in [2.45, 2.75) is 52.0 Å². The second-order valence-corrected chi connectivity index (χ2v) is 3.98. The number of anilines is 2. The molecule has 0 aliphatic heterocycles. The second-order valence-electron chi connectivity index (χ2n) is 3.98. The van der Waals surface area contributed by atoms with Gasteiger partial charge in [-0.3, -0.25) is 0 Å². The quantitative estimate of drug-likeness (QED) is 0.679. The molecular formula is C11H22N4. The third-order valence-electron chi connectivity index (χ3n) is 2.63. The summed E-state index contributed by atoms with van der Waals surface area (Å²) in [6, 6.07) is 0. The summed E-state index contributed by atoms with van der Waals surface area (Å²) in [6.07, 6.45) is 9.29. The number of nitrogen functional groups attached to an aromatic ring is 2. The number of nitrogens with zero attached hydrogens (tertiary/aromatic N) is 2. The van der Waals surface area contributed by atoms with Crippen LogP contribution in [0.25, 0.3) is 0 Å². The Morgan fingerprint density at radius 1 is 1.13 bits per heavy atom. The van der Waals surface area contributed by atoms with E-state index in [-0.39, 0.29) is 0 Å². The monoisotopic (exact) mass is 210 g/mol. The van der Waals surface area contributed by atoms with Gasteiger partial charge >= 0.3 is 0 Å². The highest BCUT2D eigenvalue weighted by atomic mass is 15.3. The Kier molecular flexibility index (Phi) is 5.01. The van der Waals surface area contributed by atoms with Gasteiger partial charge in [-0.15, -0.1) is 0 Å². The van der Waals surface area contributed by atoms with Crippen molar-refractivity contribution in [1.29, 1.82) is 0 Å². The highest BCUT2D eigenvalue weighted by Gasteiger charge is 2.02. The van der Waals surface area contributed by atoms with Crippen molar-refractivity contribution in [2.75, 3.05) is 11.5 Å². The molecule has 86 valence electrons. The zero-order valence-corrected chi connectivity index (χ0v) is 9.58. The third-order valence-corrected chi connectivity index (χ3v) is 2.63. The number of hydrogen-bond donors (Lipinski definition) is 2. The molecule has 15 heavy (non-hydrogen) atoms. The molecule has 0 aliphatic rings. The van der Waals surface area contributed by atoms with Gasteiger partial charge in [0.1, 0.15) is 5.82 Å². The van der Waals surface area contributed by atoms with Crippen molar-refractivity contribution in [3.8, 4) is 0 Å². The van der Waals surface area contributed by atoms with E-state index in [0.29, 0.717) is 11.5 Å². The summed E-state index contributed by atoms with van der Waals surface area (Å²) in [5, 5.41) is 4.12. The molecule has 0 aliphatic carbocycles. The van der Waals surface area contributed by atoms with Crippen LogP contribution in [0, 0.1) is 0 Å². The molecule has 0 atom stereocenters. The Labute approximate surface area is 91.6 Å². The van der Waals surface area contributed by atoms with E-state index in [1.165, 1.54) is 32.1 Å². The predicted molar refractivity (Wildman–Crippen MR) is 64.4 cm³/mol. The van der Waals surface area contributed by atoms with Crippen LogP contribution < -0.4 is 11.5 Å². The van der Waals surface area contributed by atoms with Crippen LogP contribution in [0.5, 0.6) is 0 Å². The van der Waals surface area contributed by atoms with Crippen LogP contribution in [0.2, 0.25) is 0 Å². The molecule has 0 fully saturated rings. The lowest BCUT2D eigenvalue weighted by molar-refractivity contribution is 0.532. The average molecular weight is 210 g/mol. The van der Waals surface area contributed by atoms with E-state index in [0.717, 1.165) is 13.0 Å². The number of aryl methyl sites for hydroxylation is 1. The lowest BCUT2D eigenvalue weighted by atomic mass is 10.1. The molecule has 4 N–H and O–H groups in total. The molecule has 0 saturated carbocycles. The summed E-state index contributed by atoms with van der Waals surface area (Å²) in [5.41, 5.74) is 11.9. The van der Waals surface area contributed by atoms with Crippen LogP contribution in [-0.4, -0.2) is 9.78 Å². The maximum Gasteiger partial charge on any atom is 0.145 e. The first-order valence-corrected chi connectivity index (χ1v) is 5.82. The van der Waals surface area contributed by atoms with Crippen LogP contribution in [0.3, 0.4) is 0 Å². The van der Waals surface area contributed by atoms with Crippen LogP contribution in [0.15, 0.2) is 6.20 Å². The maximum atomic E-state index is 5.74. The molecule has 4 nitrogen and oxygen atoms in total. The fourth-order valence-corrected chi connectivity index (χ4v) is 1.63. The average Bonchev–Trinajstić information content (AvgIpc) is 2.54. The number of nitrogens with two attached hydrogens (primary N) is 2. The number of hydrogen-bond acceptors (Lipinski definition) is 3. The largest absolute Gasteiger partial charge is 0.394 e. The first-order chi connectivity index (χ1) is 7.25. The van der Waals surface area contributed by atoms with Gasteiger partial charge in [0.15, 0.2) is 0 Å². The zero-order valence-electron chi connectivity index (χ0n) is 9.58. The molecule has 1 aromatic rings. The second kappa shape index (κ2) is 6.32. The lowest BCUT2D eigenvalue weighted by Gasteiger charge is -2.04. The van der Waals surface area contributed by atoms with E-state index in [9.17, 15) is 0 Å². The van der Waals surface area contributed by atoms with Gasteiger partial charge in [0.2, 0.25) is 0 Å². The summed E-state index contributed by atoms with van der Waals surface area (Å²) < 4.78 is 1.79. The van der Waals surface area contributed by atoms with Crippen molar-refractivity contribution in [2.24, 2.45) is 0 Å². The van der Waals surface area contributed by atoms with E-state index >= 15 is 0 Å². The Bertz CT molecular complexity index is 280. The van der Waals surface area contributed by atoms with Gasteiger partial charge < -0.3 is 11.5 Å². The van der Waals surface area contributed by atoms with Crippen LogP contribution in [0.4, 0.5) is 11.5 Å². The molecule has 0 amide bonds. The minimum absolute atomic E-state index is 0.584. The third kappa shape index (κ3) is 3.81. The highest BCUT2D eigenvalue weighted by molar-refractivity contribution is 5.56. The first-order valence-electron chi connectivity index (χ1n) is 5.82. The SMILES string of the molecule is CCCCCCCCn1ncc(N)c1N. The topological polar surface area (TPSA) is 69.9 Å². The van der Waals surface area contributed by atoms with E-state index in [2.05, 4.69) is 12.0 Å². The van der Waals surface area contributed by atoms with E-state index in [1.54, 1.807) is 10.9 Å². The zero-order chi connectivity index (χ0) is 11.1. The molecule has 0 bridgehead atoms. The Morgan fingerprint density at radius 2 is 1.80 bits per heavy atom. The molecule has 0 saturated heterocycles. The smallest absolute Gasteiger partial charge is 0.145 e. The molecular weight excluding hydrogens is 188 g/mol. The van der Waals surface area contributed by atoms with Gasteiger partial charge in [0.25, 0.3) is 0 Å². The van der Waals surface area contributed by atoms with Crippen LogP contribution in [0.1, 0.15) is 45.4 Å². The fraction of sp³-hybridized carbons (Fsp3) is 0.727. The summed E-state index contributed by atoms with van der Waals surface area (Å²) in [5.74, 6) is 0.601. The van der Waals surface area contributed by atoms with Crippen molar-refractivity contribution in [3.63, 3.8) is 0 Å². The van der Waals surface area contributed by atoms with E-state index in [4.69, 9.17) is 11.5 Å². The first kappa shape index (κ1) is 11.9. The van der Waals surface area contributed by atoms with Crippen LogP contribution in [-0.2, 0) is 6.54 Å². The molecule has 0 radical (unpaired) electrons. The molecule has 0 unspecified atom stereocenters. The van der Waals surface area contributed by atoms with Gasteiger partial charge in [-0.2, -0.15) is 5.10 Å². The molecule has 4 heteroatoms. The van der Waals surface area contributed by atoms with Crippen molar-refractivity contribution in [3.05, 3.63) is 6.20 Å². The fourth-order valence-electron chi connectivity index (χ4n) is 1.63. The Hall–Kier alpha value is -1.19. The summed E-state index contributed by atoms with van der Waals surface area (Å²) in [4.78, 5) is 0. The molecule has 1 aromatic heterocycles. The van der Waals surface area contributed by atoms with Crippen molar-refractivity contribution >= 4 is 11.5 Å². The van der Waals surface area contributed by atoms with Gasteiger partial charge in [-0.25, -0.2) is 4.68 Å². The van der Waals surface area contributed by atoms with Crippen molar-refractivity contribution in [1.82, 2.24) is 9.78 Å². The van der Waals surface area contributed by atoms with Crippen molar-refractivity contribution < 1.29 is 0 Å². The van der Waals surface area contributed by atoms with E-state index < -0.39 is 0 Å². The molecule has 1 rings (SSSR count). The number of rotatable bonds is 7. The Balaban J connectivity index is 2.12. The minimum atomic E-state index is 0.584. The molecule has 0 spiro atoms. The predicted octanol–water partition coefficient (Wildman–Crippen LogP) is 2.41. The van der Waals surface area contributed by atoms with Gasteiger partial charge in [0.05, 0.1) is 11.9 Å². The van der Waals surface area contributed by atoms with Gasteiger partial charge in [-0.1, -0.05) is 39.0 Å². The van der Waals surface area contributed by atoms with E-state index in [1.807, 2.05) is 0 Å². The Morgan fingerprint density at radius 3 is 2.40 bits per heavy atom. The molecule has 0 aromatic carbocycles. The lowest BCUT2D eigenvalue weighted by Crippen LogP contribution is -2.05. The highest BCUT2D eigenvalue weighted by Crippen LogP contribution is 2.14. The summed E-state index contributed by atoms with van der Waals surface area (Å²) >= 11 is 0. The summed E-state index contributed by atoms with van der Waals surface area (Å²) in [6.45, 7) is 3.11.